The van der Waals surface area contributed by atoms with Gasteiger partial charge in [-0.25, -0.2) is 0 Å². The van der Waals surface area contributed by atoms with Gasteiger partial charge in [0.15, 0.2) is 0 Å². The van der Waals surface area contributed by atoms with Gasteiger partial charge in [-0.15, -0.1) is 0 Å². The highest BCUT2D eigenvalue weighted by atomic mass is 16.1. The van der Waals surface area contributed by atoms with Crippen molar-refractivity contribution in [3.05, 3.63) is 17.0 Å². The van der Waals surface area contributed by atoms with Crippen LogP contribution in [0, 0.1) is 13.8 Å². The Morgan fingerprint density at radius 3 is 2.73 bits per heavy atom. The number of carbonyl (C=O) groups is 1. The average Bonchev–Trinajstić information content (AvgIpc) is 2.41. The Kier molecular flexibility index (Phi) is 2.61. The number of aryl methyl sites for hydroxylation is 2. The summed E-state index contributed by atoms with van der Waals surface area (Å²) in [4.78, 5) is 11.4. The Hall–Kier alpha value is -1.16. The number of Topliss-reactive ketones (excluding diaryl/α,β-unsaturated/α-hetero) is 1. The Morgan fingerprint density at radius 1 is 1.47 bits per heavy atom. The van der Waals surface area contributed by atoms with Crippen LogP contribution in [0.15, 0.2) is 0 Å². The molecular weight excluding hydrogens is 190 g/mol. The summed E-state index contributed by atoms with van der Waals surface area (Å²) in [5.74, 6) is 0.349. The molecule has 4 nitrogen and oxygen atoms in total. The summed E-state index contributed by atoms with van der Waals surface area (Å²) in [6.07, 6.45) is 1.27. The molecule has 15 heavy (non-hydrogen) atoms. The molecule has 1 aliphatic heterocycles. The smallest absolute Gasteiger partial charge is 0.136 e. The number of hydrogen-bond donors (Lipinski definition) is 1. The molecule has 0 bridgehead atoms. The highest BCUT2D eigenvalue weighted by Crippen LogP contribution is 2.26. The summed E-state index contributed by atoms with van der Waals surface area (Å²) >= 11 is 0. The largest absolute Gasteiger partial charge is 0.309 e. The van der Waals surface area contributed by atoms with Crippen LogP contribution in [-0.4, -0.2) is 22.1 Å². The summed E-state index contributed by atoms with van der Waals surface area (Å²) in [6, 6.07) is 0.167. The van der Waals surface area contributed by atoms with Crippen molar-refractivity contribution in [3.63, 3.8) is 0 Å². The standard InChI is InChI=1S/C11H17N3O/c1-7-11(8(2)14(3)13-7)10-6-9(15)4-5-12-10/h10,12H,4-6H2,1-3H3. The zero-order chi connectivity index (χ0) is 11.0. The second-order valence-corrected chi connectivity index (χ2v) is 4.21. The van der Waals surface area contributed by atoms with E-state index < -0.39 is 0 Å². The molecule has 0 radical (unpaired) electrons. The van der Waals surface area contributed by atoms with Crippen LogP contribution in [0.25, 0.3) is 0 Å². The summed E-state index contributed by atoms with van der Waals surface area (Å²) in [6.45, 7) is 4.84. The Balaban J connectivity index is 2.32. The van der Waals surface area contributed by atoms with Crippen molar-refractivity contribution in [1.82, 2.24) is 15.1 Å². The lowest BCUT2D eigenvalue weighted by Crippen LogP contribution is -2.32. The van der Waals surface area contributed by atoms with E-state index in [1.165, 1.54) is 5.56 Å². The minimum Gasteiger partial charge on any atom is -0.309 e. The van der Waals surface area contributed by atoms with Crippen LogP contribution >= 0.6 is 0 Å². The maximum absolute atomic E-state index is 11.4. The molecular formula is C11H17N3O. The van der Waals surface area contributed by atoms with Crippen molar-refractivity contribution in [2.45, 2.75) is 32.7 Å². The number of piperidine rings is 1. The van der Waals surface area contributed by atoms with E-state index in [2.05, 4.69) is 17.3 Å². The number of ketones is 1. The van der Waals surface area contributed by atoms with Crippen molar-refractivity contribution in [1.29, 1.82) is 0 Å². The van der Waals surface area contributed by atoms with Crippen LogP contribution in [0.1, 0.15) is 35.8 Å². The molecule has 0 saturated carbocycles. The van der Waals surface area contributed by atoms with Gasteiger partial charge in [-0.1, -0.05) is 0 Å². The zero-order valence-corrected chi connectivity index (χ0v) is 9.50. The zero-order valence-electron chi connectivity index (χ0n) is 9.50. The average molecular weight is 207 g/mol. The van der Waals surface area contributed by atoms with Crippen LogP contribution in [0.4, 0.5) is 0 Å². The van der Waals surface area contributed by atoms with Crippen LogP contribution in [0.2, 0.25) is 0 Å². The molecule has 1 aromatic heterocycles. The fourth-order valence-corrected chi connectivity index (χ4v) is 2.29. The van der Waals surface area contributed by atoms with Crippen LogP contribution < -0.4 is 5.32 Å². The minimum atomic E-state index is 0.167. The first-order chi connectivity index (χ1) is 7.09. The van der Waals surface area contributed by atoms with Crippen molar-refractivity contribution in [2.75, 3.05) is 6.54 Å². The van der Waals surface area contributed by atoms with E-state index in [-0.39, 0.29) is 6.04 Å². The lowest BCUT2D eigenvalue weighted by Gasteiger charge is -2.23. The van der Waals surface area contributed by atoms with Gasteiger partial charge in [0.25, 0.3) is 0 Å². The fourth-order valence-electron chi connectivity index (χ4n) is 2.29. The van der Waals surface area contributed by atoms with E-state index >= 15 is 0 Å². The van der Waals surface area contributed by atoms with Gasteiger partial charge in [-0.3, -0.25) is 9.48 Å². The molecule has 0 spiro atoms. The third kappa shape index (κ3) is 1.81. The molecule has 0 aromatic carbocycles. The minimum absolute atomic E-state index is 0.167. The number of rotatable bonds is 1. The van der Waals surface area contributed by atoms with Crippen molar-refractivity contribution < 1.29 is 4.79 Å². The van der Waals surface area contributed by atoms with Gasteiger partial charge < -0.3 is 5.32 Å². The van der Waals surface area contributed by atoms with Crippen LogP contribution in [0.3, 0.4) is 0 Å². The van der Waals surface area contributed by atoms with Crippen LogP contribution in [0.5, 0.6) is 0 Å². The predicted molar refractivity (Wildman–Crippen MR) is 57.7 cm³/mol. The van der Waals surface area contributed by atoms with E-state index in [0.717, 1.165) is 17.9 Å². The van der Waals surface area contributed by atoms with Gasteiger partial charge in [0.2, 0.25) is 0 Å². The Bertz CT molecular complexity index is 395. The molecule has 1 N–H and O–H groups in total. The summed E-state index contributed by atoms with van der Waals surface area (Å²) in [7, 11) is 1.94. The topological polar surface area (TPSA) is 46.9 Å². The number of nitrogens with one attached hydrogen (secondary N) is 1. The Morgan fingerprint density at radius 2 is 2.20 bits per heavy atom. The molecule has 0 aliphatic carbocycles. The molecule has 4 heteroatoms. The molecule has 1 aliphatic rings. The SMILES string of the molecule is Cc1nn(C)c(C)c1C1CC(=O)CCN1. The van der Waals surface area contributed by atoms with E-state index in [1.807, 2.05) is 18.7 Å². The lowest BCUT2D eigenvalue weighted by atomic mass is 9.95. The second kappa shape index (κ2) is 3.77. The highest BCUT2D eigenvalue weighted by molar-refractivity contribution is 5.80. The second-order valence-electron chi connectivity index (χ2n) is 4.21. The van der Waals surface area contributed by atoms with Crippen molar-refractivity contribution in [3.8, 4) is 0 Å². The van der Waals surface area contributed by atoms with Crippen molar-refractivity contribution >= 4 is 5.78 Å². The summed E-state index contributed by atoms with van der Waals surface area (Å²) in [5.41, 5.74) is 3.38. The maximum Gasteiger partial charge on any atom is 0.136 e. The monoisotopic (exact) mass is 207 g/mol. The molecule has 1 saturated heterocycles. The molecule has 2 rings (SSSR count). The van der Waals surface area contributed by atoms with Gasteiger partial charge >= 0.3 is 0 Å². The molecule has 1 unspecified atom stereocenters. The third-order valence-corrected chi connectivity index (χ3v) is 3.14. The highest BCUT2D eigenvalue weighted by Gasteiger charge is 2.25. The van der Waals surface area contributed by atoms with Gasteiger partial charge in [0.05, 0.1) is 5.69 Å². The van der Waals surface area contributed by atoms with E-state index in [0.29, 0.717) is 18.6 Å². The predicted octanol–water partition coefficient (Wildman–Crippen LogP) is 1.03. The number of nitrogens with zero attached hydrogens (tertiary/aromatic N) is 2. The third-order valence-electron chi connectivity index (χ3n) is 3.14. The maximum atomic E-state index is 11.4. The number of aromatic nitrogens is 2. The van der Waals surface area contributed by atoms with E-state index in [9.17, 15) is 4.79 Å². The normalized spacial score (nSPS) is 22.1. The van der Waals surface area contributed by atoms with Gasteiger partial charge in [0, 0.05) is 43.7 Å². The Labute approximate surface area is 89.7 Å². The number of hydrogen-bond acceptors (Lipinski definition) is 3. The van der Waals surface area contributed by atoms with E-state index in [4.69, 9.17) is 0 Å². The molecule has 0 amide bonds. The van der Waals surface area contributed by atoms with Gasteiger partial charge in [-0.05, 0) is 13.8 Å². The molecule has 2 heterocycles. The van der Waals surface area contributed by atoms with Crippen LogP contribution in [-0.2, 0) is 11.8 Å². The van der Waals surface area contributed by atoms with E-state index in [1.54, 1.807) is 0 Å². The number of carbonyl (C=O) groups excluding carboxylic acids is 1. The molecule has 1 atom stereocenters. The molecule has 1 fully saturated rings. The summed E-state index contributed by atoms with van der Waals surface area (Å²) < 4.78 is 1.88. The molecule has 82 valence electrons. The first-order valence-electron chi connectivity index (χ1n) is 5.34. The quantitative estimate of drug-likeness (QED) is 0.748. The molecule has 1 aromatic rings. The lowest BCUT2D eigenvalue weighted by molar-refractivity contribution is -0.120. The summed E-state index contributed by atoms with van der Waals surface area (Å²) in [5, 5.41) is 7.76. The first-order valence-corrected chi connectivity index (χ1v) is 5.34. The first kappa shape index (κ1) is 10.4. The fraction of sp³-hybridized carbons (Fsp3) is 0.636. The van der Waals surface area contributed by atoms with Gasteiger partial charge in [0.1, 0.15) is 5.78 Å². The van der Waals surface area contributed by atoms with Crippen molar-refractivity contribution in [2.24, 2.45) is 7.05 Å². The van der Waals surface area contributed by atoms with Gasteiger partial charge in [-0.2, -0.15) is 5.10 Å².